The molecule has 2 aromatic heterocycles. The van der Waals surface area contributed by atoms with Crippen LogP contribution in [0.25, 0.3) is 21.2 Å². The van der Waals surface area contributed by atoms with Gasteiger partial charge in [-0.25, -0.2) is 8.78 Å². The summed E-state index contributed by atoms with van der Waals surface area (Å²) < 4.78 is 50.4. The van der Waals surface area contributed by atoms with Crippen molar-refractivity contribution in [2.24, 2.45) is 7.05 Å². The van der Waals surface area contributed by atoms with Gasteiger partial charge in [0.2, 0.25) is 5.91 Å². The zero-order chi connectivity index (χ0) is 44.9. The Labute approximate surface area is 361 Å². The van der Waals surface area contributed by atoms with E-state index in [0.717, 1.165) is 21.8 Å². The number of rotatable bonds is 19. The van der Waals surface area contributed by atoms with E-state index in [1.54, 1.807) is 38.4 Å². The topological polar surface area (TPSA) is 169 Å². The number of aromatic nitrogens is 1. The van der Waals surface area contributed by atoms with E-state index in [-0.39, 0.29) is 47.4 Å². The molecule has 2 aromatic carbocycles. The number of pyridine rings is 1. The maximum atomic E-state index is 15.6. The number of nitrogens with zero attached hydrogens (tertiary/aromatic N) is 4. The van der Waals surface area contributed by atoms with Crippen LogP contribution in [0.1, 0.15) is 74.5 Å². The number of alkyl halides is 2. The van der Waals surface area contributed by atoms with E-state index in [1.165, 1.54) is 29.8 Å². The number of amides is 4. The third-order valence-corrected chi connectivity index (χ3v) is 12.3. The zero-order valence-electron chi connectivity index (χ0n) is 35.7. The van der Waals surface area contributed by atoms with Crippen molar-refractivity contribution in [1.82, 2.24) is 29.9 Å². The average molecular weight is 879 g/mol. The van der Waals surface area contributed by atoms with Crippen molar-refractivity contribution in [2.75, 3.05) is 61.6 Å². The van der Waals surface area contributed by atoms with Gasteiger partial charge in [0.15, 0.2) is 0 Å². The number of hydrogen-bond donors (Lipinski definition) is 2. The summed E-state index contributed by atoms with van der Waals surface area (Å²) >= 11 is 1.07. The summed E-state index contributed by atoms with van der Waals surface area (Å²) in [5, 5.41) is 5.30. The largest absolute Gasteiger partial charge is 0.496 e. The fourth-order valence-corrected chi connectivity index (χ4v) is 9.06. The average Bonchev–Trinajstić information content (AvgIpc) is 3.80. The van der Waals surface area contributed by atoms with Gasteiger partial charge in [0, 0.05) is 50.1 Å². The molecular formula is C44H52F2N6O9S. The Hall–Kier alpha value is -5.72. The van der Waals surface area contributed by atoms with Gasteiger partial charge >= 0.3 is 0 Å². The highest BCUT2D eigenvalue weighted by molar-refractivity contribution is 7.21. The van der Waals surface area contributed by atoms with Gasteiger partial charge in [-0.3, -0.25) is 33.8 Å². The Kier molecular flexibility index (Phi) is 14.4. The summed E-state index contributed by atoms with van der Waals surface area (Å²) in [4.78, 5) is 81.1. The third-order valence-electron chi connectivity index (χ3n) is 11.1. The summed E-state index contributed by atoms with van der Waals surface area (Å²) in [5.74, 6) is -4.13. The Morgan fingerprint density at radius 2 is 1.71 bits per heavy atom. The van der Waals surface area contributed by atoms with Crippen LogP contribution < -0.4 is 30.4 Å². The molecule has 0 aliphatic carbocycles. The monoisotopic (exact) mass is 878 g/mol. The van der Waals surface area contributed by atoms with Crippen LogP contribution in [-0.2, 0) is 23.2 Å². The summed E-state index contributed by atoms with van der Waals surface area (Å²) in [7, 11) is 10.0. The summed E-state index contributed by atoms with van der Waals surface area (Å²) in [6.07, 6.45) is 4.26. The number of hydrogen-bond acceptors (Lipinski definition) is 12. The Morgan fingerprint density at radius 1 is 1.00 bits per heavy atom. The number of piperidine rings is 1. The van der Waals surface area contributed by atoms with Crippen LogP contribution in [0.5, 0.6) is 17.2 Å². The Bertz CT molecular complexity index is 2390. The molecule has 2 aliphatic heterocycles. The van der Waals surface area contributed by atoms with Crippen LogP contribution in [0.2, 0.25) is 0 Å². The predicted octanol–water partition coefficient (Wildman–Crippen LogP) is 4.72. The second kappa shape index (κ2) is 19.5. The lowest BCUT2D eigenvalue weighted by atomic mass is 10.00. The molecule has 4 heterocycles. The van der Waals surface area contributed by atoms with Crippen molar-refractivity contribution in [3.63, 3.8) is 0 Å². The molecule has 2 unspecified atom stereocenters. The normalized spacial score (nSPS) is 16.7. The number of unbranched alkanes of at least 4 members (excludes halogenated alkanes) is 2. The van der Waals surface area contributed by atoms with Crippen LogP contribution in [-0.4, -0.2) is 129 Å². The number of imide groups is 1. The first kappa shape index (κ1) is 45.8. The van der Waals surface area contributed by atoms with Crippen LogP contribution >= 0.6 is 11.3 Å². The molecule has 4 amide bonds. The highest BCUT2D eigenvalue weighted by atomic mass is 32.1. The first-order chi connectivity index (χ1) is 29.6. The minimum absolute atomic E-state index is 0.00181. The van der Waals surface area contributed by atoms with Gasteiger partial charge in [0.05, 0.1) is 60.4 Å². The first-order valence-electron chi connectivity index (χ1n) is 20.4. The Balaban J connectivity index is 1.01. The fourth-order valence-electron chi connectivity index (χ4n) is 7.97. The van der Waals surface area contributed by atoms with E-state index in [4.69, 9.17) is 14.2 Å². The molecule has 2 N–H and O–H groups in total. The molecular weight excluding hydrogens is 827 g/mol. The summed E-state index contributed by atoms with van der Waals surface area (Å²) in [6.45, 7) is 1.10. The second-order valence-corrected chi connectivity index (χ2v) is 16.8. The molecule has 15 nitrogen and oxygen atoms in total. The van der Waals surface area contributed by atoms with Gasteiger partial charge in [-0.2, -0.15) is 0 Å². The molecule has 62 heavy (non-hydrogen) atoms. The first-order valence-corrected chi connectivity index (χ1v) is 21.2. The van der Waals surface area contributed by atoms with Gasteiger partial charge in [0.1, 0.15) is 29.6 Å². The molecule has 4 aromatic rings. The number of aryl methyl sites for hydroxylation is 1. The van der Waals surface area contributed by atoms with Crippen molar-refractivity contribution in [2.45, 2.75) is 63.1 Å². The molecule has 6 rings (SSSR count). The number of benzene rings is 2. The molecule has 0 spiro atoms. The SMILES string of the molecule is CNC(=O)C(CCC=O)N1C(=O)c2ccc(OCCCCCN3CCC(NC(=O)c4cc5c(=O)n(C)cc(-c6cc(OC)c(CN(C)C)c(OC)c6)c5s4)C(F)(F)C3)cc2C1=O. The van der Waals surface area contributed by atoms with E-state index in [2.05, 4.69) is 10.6 Å². The van der Waals surface area contributed by atoms with Crippen molar-refractivity contribution >= 4 is 51.3 Å². The number of thiophene rings is 1. The van der Waals surface area contributed by atoms with Crippen molar-refractivity contribution in [3.05, 3.63) is 74.5 Å². The summed E-state index contributed by atoms with van der Waals surface area (Å²) in [5.41, 5.74) is 2.14. The standard InChI is InChI=1S/C44H52F2N6O9S/c1-47-39(54)33(11-10-17-53)52-42(57)28-13-12-27(21-29(28)43(52)58)61-18-9-7-8-15-51-16-14-37(44(45,46)25-51)48-40(55)36-22-30-38(62-36)31(24-50(4)41(30)56)26-19-34(59-5)32(23-49(2)3)35(20-26)60-6/h12-13,17,19-22,24,33,37H,7-11,14-16,18,23,25H2,1-6H3,(H,47,54)(H,48,55). The smallest absolute Gasteiger partial charge is 0.280 e. The lowest BCUT2D eigenvalue weighted by Gasteiger charge is -2.38. The lowest BCUT2D eigenvalue weighted by Crippen LogP contribution is -2.58. The fraction of sp³-hybridized carbons (Fsp3) is 0.455. The number of ether oxygens (including phenoxy) is 3. The molecule has 18 heteroatoms. The molecule has 2 atom stereocenters. The number of nitrogens with one attached hydrogen (secondary N) is 2. The molecule has 1 saturated heterocycles. The van der Waals surface area contributed by atoms with Crippen molar-refractivity contribution in [1.29, 1.82) is 0 Å². The van der Waals surface area contributed by atoms with Gasteiger partial charge in [-0.15, -0.1) is 11.3 Å². The third kappa shape index (κ3) is 9.66. The number of likely N-dealkylation sites (tertiary alicyclic amines) is 1. The number of methoxy groups -OCH3 is 2. The van der Waals surface area contributed by atoms with Crippen LogP contribution in [0.4, 0.5) is 8.78 Å². The molecule has 0 saturated carbocycles. The highest BCUT2D eigenvalue weighted by Gasteiger charge is 2.46. The van der Waals surface area contributed by atoms with Gasteiger partial charge < -0.3 is 39.1 Å². The van der Waals surface area contributed by atoms with Crippen molar-refractivity contribution < 1.29 is 47.0 Å². The molecule has 2 aliphatic rings. The molecule has 0 radical (unpaired) electrons. The van der Waals surface area contributed by atoms with E-state index >= 15 is 8.78 Å². The minimum Gasteiger partial charge on any atom is -0.496 e. The number of carbonyl (C=O) groups is 5. The molecule has 332 valence electrons. The number of aldehydes is 1. The number of likely N-dealkylation sites (N-methyl/N-ethyl adjacent to an activating group) is 1. The summed E-state index contributed by atoms with van der Waals surface area (Å²) in [6, 6.07) is 7.17. The zero-order valence-corrected chi connectivity index (χ0v) is 36.5. The second-order valence-electron chi connectivity index (χ2n) is 15.7. The maximum absolute atomic E-state index is 15.6. The molecule has 0 bridgehead atoms. The quantitative estimate of drug-likeness (QED) is 0.0760. The highest BCUT2D eigenvalue weighted by Crippen LogP contribution is 2.40. The van der Waals surface area contributed by atoms with Gasteiger partial charge in [-0.05, 0) is 94.7 Å². The van der Waals surface area contributed by atoms with E-state index in [1.807, 2.05) is 31.1 Å². The van der Waals surface area contributed by atoms with E-state index < -0.39 is 48.2 Å². The number of halogens is 2. The maximum Gasteiger partial charge on any atom is 0.280 e. The lowest BCUT2D eigenvalue weighted by molar-refractivity contribution is -0.124. The minimum atomic E-state index is -3.20. The van der Waals surface area contributed by atoms with Crippen LogP contribution in [0, 0.1) is 0 Å². The van der Waals surface area contributed by atoms with Gasteiger partial charge in [0.25, 0.3) is 29.2 Å². The van der Waals surface area contributed by atoms with Gasteiger partial charge in [-0.1, -0.05) is 0 Å². The van der Waals surface area contributed by atoms with Crippen LogP contribution in [0.3, 0.4) is 0 Å². The van der Waals surface area contributed by atoms with E-state index in [0.29, 0.717) is 83.6 Å². The van der Waals surface area contributed by atoms with Crippen LogP contribution in [0.15, 0.2) is 47.4 Å². The molecule has 1 fully saturated rings. The number of carbonyl (C=O) groups excluding carboxylic acids is 5. The van der Waals surface area contributed by atoms with E-state index in [9.17, 15) is 28.8 Å². The predicted molar refractivity (Wildman–Crippen MR) is 230 cm³/mol. The Morgan fingerprint density at radius 3 is 2.35 bits per heavy atom. The number of fused-ring (bicyclic) bond motifs is 2. The van der Waals surface area contributed by atoms with Crippen molar-refractivity contribution in [3.8, 4) is 28.4 Å².